The van der Waals surface area contributed by atoms with Crippen LogP contribution in [0.3, 0.4) is 0 Å². The predicted molar refractivity (Wildman–Crippen MR) is 149 cm³/mol. The zero-order chi connectivity index (χ0) is 27.6. The van der Waals surface area contributed by atoms with Crippen molar-refractivity contribution in [1.29, 1.82) is 5.26 Å². The first kappa shape index (κ1) is 27.1. The Balaban J connectivity index is 2.05. The lowest BCUT2D eigenvalue weighted by atomic mass is 9.91. The van der Waals surface area contributed by atoms with E-state index in [1.807, 2.05) is 39.0 Å². The number of aromatic carboxylic acids is 1. The fourth-order valence-corrected chi connectivity index (χ4v) is 4.73. The number of hydrogen-bond acceptors (Lipinski definition) is 5. The van der Waals surface area contributed by atoms with Gasteiger partial charge in [0.05, 0.1) is 30.5 Å². The highest BCUT2D eigenvalue weighted by Crippen LogP contribution is 2.39. The third kappa shape index (κ3) is 5.33. The average molecular weight is 549 g/mol. The van der Waals surface area contributed by atoms with Crippen LogP contribution in [0.15, 0.2) is 60.7 Å². The molecule has 0 spiro atoms. The van der Waals surface area contributed by atoms with Crippen LogP contribution in [0.5, 0.6) is 5.75 Å². The van der Waals surface area contributed by atoms with Gasteiger partial charge in [0, 0.05) is 21.3 Å². The van der Waals surface area contributed by atoms with E-state index in [1.54, 1.807) is 47.1 Å². The average Bonchev–Trinajstić information content (AvgIpc) is 3.30. The van der Waals surface area contributed by atoms with E-state index >= 15 is 0 Å². The van der Waals surface area contributed by atoms with Gasteiger partial charge in [-0.05, 0) is 66.4 Å². The first-order chi connectivity index (χ1) is 18.1. The number of carboxylic acid groups (broad SMARTS) is 1. The number of anilines is 1. The summed E-state index contributed by atoms with van der Waals surface area (Å²) in [6, 6.07) is 19.2. The first-order valence-corrected chi connectivity index (χ1v) is 12.6. The Kier molecular flexibility index (Phi) is 7.96. The minimum absolute atomic E-state index is 0.120. The van der Waals surface area contributed by atoms with E-state index in [-0.39, 0.29) is 11.6 Å². The van der Waals surface area contributed by atoms with E-state index in [2.05, 4.69) is 16.5 Å². The SMILES string of the molecule is COc1ccc(C#N)cc1-n1nc(C(=O)O)c(C(Nc2cc(Cl)ccc2C)c2ccc(Cl)cc2)c1C(C)C. The lowest BCUT2D eigenvalue weighted by molar-refractivity contribution is 0.0688. The molecule has 0 saturated carbocycles. The Labute approximate surface area is 231 Å². The minimum atomic E-state index is -1.18. The third-order valence-electron chi connectivity index (χ3n) is 6.24. The van der Waals surface area contributed by atoms with E-state index in [0.29, 0.717) is 38.3 Å². The summed E-state index contributed by atoms with van der Waals surface area (Å²) in [7, 11) is 1.52. The lowest BCUT2D eigenvalue weighted by Gasteiger charge is -2.25. The van der Waals surface area contributed by atoms with Crippen molar-refractivity contribution in [2.24, 2.45) is 0 Å². The summed E-state index contributed by atoms with van der Waals surface area (Å²) in [6.07, 6.45) is 0. The van der Waals surface area contributed by atoms with Gasteiger partial charge in [-0.1, -0.05) is 55.2 Å². The van der Waals surface area contributed by atoms with Crippen molar-refractivity contribution in [2.45, 2.75) is 32.7 Å². The van der Waals surface area contributed by atoms with E-state index in [0.717, 1.165) is 16.8 Å². The smallest absolute Gasteiger partial charge is 0.356 e. The zero-order valence-electron chi connectivity index (χ0n) is 21.3. The second-order valence-electron chi connectivity index (χ2n) is 9.11. The monoisotopic (exact) mass is 548 g/mol. The molecule has 4 rings (SSSR count). The molecule has 1 unspecified atom stereocenters. The van der Waals surface area contributed by atoms with E-state index in [4.69, 9.17) is 27.9 Å². The molecule has 1 aromatic heterocycles. The number of ether oxygens (including phenoxy) is 1. The number of carboxylic acids is 1. The molecule has 0 radical (unpaired) electrons. The molecule has 1 heterocycles. The molecule has 0 aliphatic rings. The minimum Gasteiger partial charge on any atom is -0.494 e. The summed E-state index contributed by atoms with van der Waals surface area (Å²) in [4.78, 5) is 12.7. The van der Waals surface area contributed by atoms with Crippen LogP contribution in [0.2, 0.25) is 10.0 Å². The number of halogens is 2. The molecule has 3 aromatic carbocycles. The normalized spacial score (nSPS) is 11.7. The molecule has 9 heteroatoms. The molecule has 0 fully saturated rings. The van der Waals surface area contributed by atoms with Crippen LogP contribution in [0.25, 0.3) is 5.69 Å². The summed E-state index contributed by atoms with van der Waals surface area (Å²) >= 11 is 12.5. The number of aryl methyl sites for hydroxylation is 1. The molecule has 2 N–H and O–H groups in total. The fraction of sp³-hybridized carbons (Fsp3) is 0.207. The molecule has 0 aliphatic carbocycles. The molecular formula is C29H26Cl2N4O3. The van der Waals surface area contributed by atoms with Crippen LogP contribution in [-0.4, -0.2) is 28.0 Å². The Morgan fingerprint density at radius 3 is 2.37 bits per heavy atom. The van der Waals surface area contributed by atoms with Crippen molar-refractivity contribution in [1.82, 2.24) is 9.78 Å². The highest BCUT2D eigenvalue weighted by molar-refractivity contribution is 6.31. The number of benzene rings is 3. The number of nitrogens with zero attached hydrogens (tertiary/aromatic N) is 3. The Morgan fingerprint density at radius 2 is 1.76 bits per heavy atom. The largest absolute Gasteiger partial charge is 0.494 e. The van der Waals surface area contributed by atoms with Gasteiger partial charge in [-0.3, -0.25) is 0 Å². The van der Waals surface area contributed by atoms with Crippen molar-refractivity contribution in [3.8, 4) is 17.5 Å². The van der Waals surface area contributed by atoms with Gasteiger partial charge in [0.2, 0.25) is 0 Å². The first-order valence-electron chi connectivity index (χ1n) is 11.9. The second kappa shape index (κ2) is 11.2. The van der Waals surface area contributed by atoms with Crippen molar-refractivity contribution in [2.75, 3.05) is 12.4 Å². The van der Waals surface area contributed by atoms with Gasteiger partial charge in [0.25, 0.3) is 0 Å². The third-order valence-corrected chi connectivity index (χ3v) is 6.72. The number of carbonyl (C=O) groups is 1. The number of aromatic nitrogens is 2. The second-order valence-corrected chi connectivity index (χ2v) is 9.98. The predicted octanol–water partition coefficient (Wildman–Crippen LogP) is 7.39. The number of nitriles is 1. The van der Waals surface area contributed by atoms with Gasteiger partial charge in [-0.15, -0.1) is 0 Å². The summed E-state index contributed by atoms with van der Waals surface area (Å²) in [5, 5.41) is 29.0. The maximum Gasteiger partial charge on any atom is 0.356 e. The lowest BCUT2D eigenvalue weighted by Crippen LogP contribution is -2.18. The highest BCUT2D eigenvalue weighted by Gasteiger charge is 2.32. The molecule has 0 bridgehead atoms. The number of rotatable bonds is 8. The van der Waals surface area contributed by atoms with Gasteiger partial charge in [0.1, 0.15) is 11.4 Å². The van der Waals surface area contributed by atoms with E-state index in [9.17, 15) is 15.2 Å². The summed E-state index contributed by atoms with van der Waals surface area (Å²) in [5.41, 5.74) is 4.36. The van der Waals surface area contributed by atoms with Crippen LogP contribution in [-0.2, 0) is 0 Å². The highest BCUT2D eigenvalue weighted by atomic mass is 35.5. The van der Waals surface area contributed by atoms with Crippen LogP contribution in [0, 0.1) is 18.3 Å². The van der Waals surface area contributed by atoms with E-state index in [1.165, 1.54) is 7.11 Å². The number of hydrogen-bond donors (Lipinski definition) is 2. The number of nitrogens with one attached hydrogen (secondary N) is 1. The Bertz CT molecular complexity index is 1540. The van der Waals surface area contributed by atoms with Gasteiger partial charge < -0.3 is 15.2 Å². The molecule has 7 nitrogen and oxygen atoms in total. The molecule has 0 aliphatic heterocycles. The van der Waals surface area contributed by atoms with Gasteiger partial charge in [-0.2, -0.15) is 10.4 Å². The Hall–Kier alpha value is -3.99. The Morgan fingerprint density at radius 1 is 1.08 bits per heavy atom. The quantitative estimate of drug-likeness (QED) is 0.238. The summed E-state index contributed by atoms with van der Waals surface area (Å²) in [6.45, 7) is 5.88. The molecule has 0 amide bonds. The topological polar surface area (TPSA) is 100 Å². The molecule has 4 aromatic rings. The fourth-order valence-electron chi connectivity index (χ4n) is 4.43. The van der Waals surface area contributed by atoms with Crippen molar-refractivity contribution in [3.05, 3.63) is 104 Å². The molecule has 1 atom stereocenters. The summed E-state index contributed by atoms with van der Waals surface area (Å²) in [5.74, 6) is -0.878. The maximum absolute atomic E-state index is 12.7. The van der Waals surface area contributed by atoms with Gasteiger partial charge in [-0.25, -0.2) is 9.48 Å². The van der Waals surface area contributed by atoms with Crippen LogP contribution in [0.1, 0.15) is 64.2 Å². The van der Waals surface area contributed by atoms with Crippen LogP contribution < -0.4 is 10.1 Å². The van der Waals surface area contributed by atoms with Crippen LogP contribution in [0.4, 0.5) is 5.69 Å². The molecule has 194 valence electrons. The van der Waals surface area contributed by atoms with Gasteiger partial charge in [0.15, 0.2) is 5.69 Å². The maximum atomic E-state index is 12.7. The van der Waals surface area contributed by atoms with Crippen LogP contribution >= 0.6 is 23.2 Å². The van der Waals surface area contributed by atoms with Crippen molar-refractivity contribution < 1.29 is 14.6 Å². The standard InChI is InChI=1S/C29H26Cl2N4O3/c1-16(2)28-25(27(29(36)37)34-35(28)23-13-18(15-32)6-12-24(23)38-4)26(19-7-10-20(30)11-8-19)33-22-14-21(31)9-5-17(22)3/h5-14,16,26,33H,1-4H3,(H,36,37). The summed E-state index contributed by atoms with van der Waals surface area (Å²) < 4.78 is 7.13. The molecule has 38 heavy (non-hydrogen) atoms. The van der Waals surface area contributed by atoms with Crippen molar-refractivity contribution >= 4 is 34.9 Å². The van der Waals surface area contributed by atoms with Crippen molar-refractivity contribution in [3.63, 3.8) is 0 Å². The molecule has 0 saturated heterocycles. The molecular weight excluding hydrogens is 523 g/mol. The van der Waals surface area contributed by atoms with Gasteiger partial charge >= 0.3 is 5.97 Å². The zero-order valence-corrected chi connectivity index (χ0v) is 22.8. The number of methoxy groups -OCH3 is 1. The van der Waals surface area contributed by atoms with E-state index < -0.39 is 12.0 Å².